The van der Waals surface area contributed by atoms with Crippen molar-refractivity contribution in [1.29, 1.82) is 0 Å². The molecule has 0 aliphatic rings. The smallest absolute Gasteiger partial charge is 0.0528 e. The summed E-state index contributed by atoms with van der Waals surface area (Å²) >= 11 is 0. The number of hydrogen-bond acceptors (Lipinski definition) is 0. The summed E-state index contributed by atoms with van der Waals surface area (Å²) in [6, 6.07) is 15.0. The number of nitrogens with zero attached hydrogens (tertiary/aromatic N) is 1. The minimum atomic E-state index is 1.27. The molecule has 0 bridgehead atoms. The summed E-state index contributed by atoms with van der Waals surface area (Å²) in [5.74, 6) is 0. The van der Waals surface area contributed by atoms with Gasteiger partial charge < -0.3 is 4.40 Å². The van der Waals surface area contributed by atoms with Gasteiger partial charge in [-0.3, -0.25) is 0 Å². The van der Waals surface area contributed by atoms with Crippen LogP contribution in [0.2, 0.25) is 0 Å². The Morgan fingerprint density at radius 2 is 1.86 bits per heavy atom. The van der Waals surface area contributed by atoms with Crippen molar-refractivity contribution in [2.45, 2.75) is 6.92 Å². The minimum Gasteiger partial charge on any atom is -0.317 e. The Morgan fingerprint density at radius 3 is 2.79 bits per heavy atom. The highest BCUT2D eigenvalue weighted by molar-refractivity contribution is 5.87. The predicted octanol–water partition coefficient (Wildman–Crippen LogP) is 3.40. The summed E-state index contributed by atoms with van der Waals surface area (Å²) in [6.45, 7) is 2.12. The molecule has 0 fully saturated rings. The zero-order valence-electron chi connectivity index (χ0n) is 8.07. The highest BCUT2D eigenvalue weighted by Crippen LogP contribution is 2.20. The molecule has 0 spiro atoms. The molecule has 2 aromatic heterocycles. The van der Waals surface area contributed by atoms with Gasteiger partial charge in [0.1, 0.15) is 0 Å². The van der Waals surface area contributed by atoms with Crippen LogP contribution in [0.15, 0.2) is 48.7 Å². The Bertz CT molecular complexity index is 605. The van der Waals surface area contributed by atoms with Crippen molar-refractivity contribution in [2.75, 3.05) is 0 Å². The van der Waals surface area contributed by atoms with Gasteiger partial charge in [0, 0.05) is 17.1 Å². The second-order valence-corrected chi connectivity index (χ2v) is 3.70. The average molecular weight is 181 g/mol. The molecule has 3 rings (SSSR count). The third kappa shape index (κ3) is 0.956. The average Bonchev–Trinajstić information content (AvgIpc) is 2.54. The van der Waals surface area contributed by atoms with E-state index in [0.717, 1.165) is 0 Å². The van der Waals surface area contributed by atoms with Crippen LogP contribution in [0.5, 0.6) is 0 Å². The summed E-state index contributed by atoms with van der Waals surface area (Å²) in [7, 11) is 0. The molecule has 0 saturated heterocycles. The van der Waals surface area contributed by atoms with E-state index >= 15 is 0 Å². The first kappa shape index (κ1) is 7.63. The number of aromatic nitrogens is 1. The van der Waals surface area contributed by atoms with Gasteiger partial charge in [-0.15, -0.1) is 0 Å². The first-order valence-corrected chi connectivity index (χ1v) is 4.81. The van der Waals surface area contributed by atoms with Crippen molar-refractivity contribution >= 4 is 16.4 Å². The molecule has 3 aromatic rings. The molecule has 1 heteroatoms. The van der Waals surface area contributed by atoms with Crippen molar-refractivity contribution in [1.82, 2.24) is 4.40 Å². The van der Waals surface area contributed by atoms with Crippen molar-refractivity contribution in [3.05, 3.63) is 54.2 Å². The lowest BCUT2D eigenvalue weighted by atomic mass is 10.2. The molecule has 0 radical (unpaired) electrons. The lowest BCUT2D eigenvalue weighted by Crippen LogP contribution is -1.82. The quantitative estimate of drug-likeness (QED) is 0.500. The number of hydrogen-bond donors (Lipinski definition) is 0. The fourth-order valence-electron chi connectivity index (χ4n) is 1.95. The Kier molecular flexibility index (Phi) is 1.42. The molecule has 0 aliphatic heterocycles. The van der Waals surface area contributed by atoms with Crippen LogP contribution in [-0.4, -0.2) is 4.40 Å². The van der Waals surface area contributed by atoms with E-state index in [1.807, 2.05) is 0 Å². The van der Waals surface area contributed by atoms with E-state index < -0.39 is 0 Å². The Balaban J connectivity index is 2.57. The Morgan fingerprint density at radius 1 is 1.00 bits per heavy atom. The van der Waals surface area contributed by atoms with Crippen LogP contribution in [0, 0.1) is 6.92 Å². The Hall–Kier alpha value is -1.76. The fraction of sp³-hybridized carbons (Fsp3) is 0.0769. The van der Waals surface area contributed by atoms with Crippen molar-refractivity contribution < 1.29 is 0 Å². The third-order valence-corrected chi connectivity index (χ3v) is 2.64. The molecule has 0 aliphatic carbocycles. The summed E-state index contributed by atoms with van der Waals surface area (Å²) in [6.07, 6.45) is 2.13. The highest BCUT2D eigenvalue weighted by atomic mass is 14.9. The number of para-hydroxylation sites is 1. The molecule has 0 unspecified atom stereocenters. The SMILES string of the molecule is Cc1ccn2c(c1)cc1ccccc12. The first-order chi connectivity index (χ1) is 6.84. The largest absolute Gasteiger partial charge is 0.317 e. The highest BCUT2D eigenvalue weighted by Gasteiger charge is 2.00. The second kappa shape index (κ2) is 2.61. The van der Waals surface area contributed by atoms with Gasteiger partial charge in [0.25, 0.3) is 0 Å². The second-order valence-electron chi connectivity index (χ2n) is 3.70. The van der Waals surface area contributed by atoms with Gasteiger partial charge in [-0.05, 0) is 36.8 Å². The van der Waals surface area contributed by atoms with Gasteiger partial charge >= 0.3 is 0 Å². The molecule has 0 saturated carbocycles. The monoisotopic (exact) mass is 181 g/mol. The molecule has 1 nitrogen and oxygen atoms in total. The van der Waals surface area contributed by atoms with Gasteiger partial charge in [-0.25, -0.2) is 0 Å². The van der Waals surface area contributed by atoms with Crippen molar-refractivity contribution in [3.8, 4) is 0 Å². The van der Waals surface area contributed by atoms with Gasteiger partial charge in [-0.1, -0.05) is 18.2 Å². The Labute approximate surface area is 82.6 Å². The lowest BCUT2D eigenvalue weighted by Gasteiger charge is -1.97. The molecular formula is C13H11N. The topological polar surface area (TPSA) is 4.41 Å². The molecule has 0 atom stereocenters. The predicted molar refractivity (Wildman–Crippen MR) is 59.6 cm³/mol. The maximum Gasteiger partial charge on any atom is 0.0528 e. The summed E-state index contributed by atoms with van der Waals surface area (Å²) in [4.78, 5) is 0. The van der Waals surface area contributed by atoms with Crippen molar-refractivity contribution in [2.24, 2.45) is 0 Å². The summed E-state index contributed by atoms with van der Waals surface area (Å²) < 4.78 is 2.22. The van der Waals surface area contributed by atoms with Gasteiger partial charge in [-0.2, -0.15) is 0 Å². The summed E-state index contributed by atoms with van der Waals surface area (Å²) in [5, 5.41) is 1.30. The van der Waals surface area contributed by atoms with Crippen LogP contribution in [0.25, 0.3) is 16.4 Å². The van der Waals surface area contributed by atoms with E-state index in [2.05, 4.69) is 60.0 Å². The first-order valence-electron chi connectivity index (χ1n) is 4.81. The van der Waals surface area contributed by atoms with Crippen molar-refractivity contribution in [3.63, 3.8) is 0 Å². The number of aryl methyl sites for hydroxylation is 1. The maximum absolute atomic E-state index is 2.22. The fourth-order valence-corrected chi connectivity index (χ4v) is 1.95. The number of fused-ring (bicyclic) bond motifs is 3. The van der Waals surface area contributed by atoms with Gasteiger partial charge in [0.05, 0.1) is 5.52 Å². The summed E-state index contributed by atoms with van der Waals surface area (Å²) in [5.41, 5.74) is 3.86. The molecule has 0 amide bonds. The van der Waals surface area contributed by atoms with Crippen LogP contribution in [-0.2, 0) is 0 Å². The minimum absolute atomic E-state index is 1.27. The van der Waals surface area contributed by atoms with Crippen LogP contribution in [0.3, 0.4) is 0 Å². The zero-order chi connectivity index (χ0) is 9.54. The van der Waals surface area contributed by atoms with E-state index in [-0.39, 0.29) is 0 Å². The molecule has 0 N–H and O–H groups in total. The van der Waals surface area contributed by atoms with Crippen LogP contribution in [0.4, 0.5) is 0 Å². The normalized spacial score (nSPS) is 11.2. The lowest BCUT2D eigenvalue weighted by molar-refractivity contribution is 1.23. The van der Waals surface area contributed by atoms with E-state index in [4.69, 9.17) is 0 Å². The zero-order valence-corrected chi connectivity index (χ0v) is 8.07. The van der Waals surface area contributed by atoms with E-state index in [1.54, 1.807) is 0 Å². The number of rotatable bonds is 0. The van der Waals surface area contributed by atoms with E-state index in [0.29, 0.717) is 0 Å². The molecule has 68 valence electrons. The number of benzene rings is 1. The van der Waals surface area contributed by atoms with E-state index in [9.17, 15) is 0 Å². The van der Waals surface area contributed by atoms with Gasteiger partial charge in [0.15, 0.2) is 0 Å². The maximum atomic E-state index is 2.22. The van der Waals surface area contributed by atoms with Crippen LogP contribution in [0.1, 0.15) is 5.56 Å². The molecule has 14 heavy (non-hydrogen) atoms. The molecule has 1 aromatic carbocycles. The van der Waals surface area contributed by atoms with Crippen LogP contribution < -0.4 is 0 Å². The standard InChI is InChI=1S/C13H11N/c1-10-6-7-14-12(8-10)9-11-4-2-3-5-13(11)14/h2-9H,1H3. The third-order valence-electron chi connectivity index (χ3n) is 2.64. The van der Waals surface area contributed by atoms with E-state index in [1.165, 1.54) is 22.0 Å². The number of pyridine rings is 1. The molecule has 2 heterocycles. The van der Waals surface area contributed by atoms with Gasteiger partial charge in [0.2, 0.25) is 0 Å². The van der Waals surface area contributed by atoms with Crippen LogP contribution >= 0.6 is 0 Å². The molecular weight excluding hydrogens is 170 g/mol.